The van der Waals surface area contributed by atoms with Gasteiger partial charge in [-0.25, -0.2) is 0 Å². The van der Waals surface area contributed by atoms with E-state index < -0.39 is 12.2 Å². The summed E-state index contributed by atoms with van der Waals surface area (Å²) in [6, 6.07) is 0.790. The number of piperidine rings is 2. The molecule has 226 valence electrons. The second kappa shape index (κ2) is 12.2. The van der Waals surface area contributed by atoms with E-state index in [1.54, 1.807) is 14.2 Å². The Labute approximate surface area is 239 Å². The molecule has 12 atom stereocenters. The number of nitrogens with zero attached hydrogens (tertiary/aromatic N) is 1. The molecular weight excluding hydrogens is 510 g/mol. The van der Waals surface area contributed by atoms with Crippen LogP contribution in [-0.2, 0) is 23.8 Å². The van der Waals surface area contributed by atoms with Crippen LogP contribution in [0.3, 0.4) is 0 Å². The van der Waals surface area contributed by atoms with E-state index in [4.69, 9.17) is 14.2 Å². The van der Waals surface area contributed by atoms with Crippen LogP contribution in [0, 0.1) is 29.6 Å². The van der Waals surface area contributed by atoms with Crippen LogP contribution in [0.5, 0.6) is 0 Å². The molecule has 12 unspecified atom stereocenters. The number of hydrogen-bond acceptors (Lipinski definition) is 7. The van der Waals surface area contributed by atoms with Gasteiger partial charge in [0.25, 0.3) is 0 Å². The number of aliphatic hydroxyl groups excluding tert-OH is 1. The molecule has 0 bridgehead atoms. The first-order valence-corrected chi connectivity index (χ1v) is 16.1. The molecule has 0 radical (unpaired) electrons. The summed E-state index contributed by atoms with van der Waals surface area (Å²) >= 11 is 0. The van der Waals surface area contributed by atoms with E-state index in [9.17, 15) is 14.7 Å². The number of carbonyl (C=O) groups is 2. The molecule has 3 aliphatic carbocycles. The summed E-state index contributed by atoms with van der Waals surface area (Å²) in [5, 5.41) is 17.3. The number of ether oxygens (including phenoxy) is 3. The van der Waals surface area contributed by atoms with E-state index in [0.717, 1.165) is 57.9 Å². The summed E-state index contributed by atoms with van der Waals surface area (Å²) in [6.07, 6.45) is 10.1. The Kier molecular flexibility index (Phi) is 8.76. The van der Waals surface area contributed by atoms with Crippen LogP contribution in [0.1, 0.15) is 77.6 Å². The molecule has 0 aromatic carbocycles. The standard InChI is InChI=1S/C31H51N3O6/c1-17(30(36)33-16-24(35)18-7-5-4-6-8-18)40-19-9-11-23-22(15-19)20-13-14-32-27-21-10-12-25(38-2)29(39-3)26(21)31(37)34(23)28(20)27/h17-29,32,35H,4-16H2,1-3H3,(H,33,36). The monoisotopic (exact) mass is 561 g/mol. The SMILES string of the molecule is COC1CCC2C3NCCC4C5CC(OC(C)C(=O)NCC(O)C6CCCCC6)CCC5N(C(=O)C2C1OC)C43. The topological polar surface area (TPSA) is 109 Å². The lowest BCUT2D eigenvalue weighted by Gasteiger charge is -2.55. The number of rotatable bonds is 8. The van der Waals surface area contributed by atoms with Crippen LogP contribution < -0.4 is 10.6 Å². The normalized spacial score (nSPS) is 42.9. The summed E-state index contributed by atoms with van der Waals surface area (Å²) in [6.45, 7) is 3.12. The van der Waals surface area contributed by atoms with Gasteiger partial charge in [-0.15, -0.1) is 0 Å². The number of nitrogens with one attached hydrogen (secondary N) is 2. The maximum Gasteiger partial charge on any atom is 0.248 e. The number of methoxy groups -OCH3 is 2. The summed E-state index contributed by atoms with van der Waals surface area (Å²) < 4.78 is 18.1. The minimum Gasteiger partial charge on any atom is -0.391 e. The first-order chi connectivity index (χ1) is 19.4. The van der Waals surface area contributed by atoms with E-state index in [-0.39, 0.29) is 54.0 Å². The van der Waals surface area contributed by atoms with E-state index >= 15 is 0 Å². The highest BCUT2D eigenvalue weighted by Gasteiger charge is 2.64. The highest BCUT2D eigenvalue weighted by Crippen LogP contribution is 2.54. The maximum atomic E-state index is 14.2. The molecule has 9 heteroatoms. The number of carbonyl (C=O) groups excluding carboxylic acids is 2. The van der Waals surface area contributed by atoms with Gasteiger partial charge >= 0.3 is 0 Å². The summed E-state index contributed by atoms with van der Waals surface area (Å²) in [5.41, 5.74) is 0. The summed E-state index contributed by atoms with van der Waals surface area (Å²) in [4.78, 5) is 29.4. The number of amides is 2. The average Bonchev–Trinajstić information content (AvgIpc) is 3.32. The molecule has 3 saturated heterocycles. The van der Waals surface area contributed by atoms with Crippen molar-refractivity contribution in [1.29, 1.82) is 0 Å². The average molecular weight is 562 g/mol. The van der Waals surface area contributed by atoms with Gasteiger partial charge in [-0.2, -0.15) is 0 Å². The van der Waals surface area contributed by atoms with Gasteiger partial charge in [0.05, 0.1) is 36.4 Å². The Morgan fingerprint density at radius 2 is 1.82 bits per heavy atom. The fourth-order valence-electron chi connectivity index (χ4n) is 9.85. The Hall–Kier alpha value is -1.26. The molecule has 9 nitrogen and oxygen atoms in total. The Bertz CT molecular complexity index is 914. The van der Waals surface area contributed by atoms with Crippen LogP contribution >= 0.6 is 0 Å². The molecule has 6 rings (SSSR count). The van der Waals surface area contributed by atoms with Gasteiger partial charge in [-0.1, -0.05) is 19.3 Å². The number of fused-ring (bicyclic) bond motifs is 5. The van der Waals surface area contributed by atoms with Crippen LogP contribution in [0.15, 0.2) is 0 Å². The van der Waals surface area contributed by atoms with Gasteiger partial charge in [0.1, 0.15) is 6.10 Å². The highest BCUT2D eigenvalue weighted by atomic mass is 16.5. The van der Waals surface area contributed by atoms with Crippen molar-refractivity contribution >= 4 is 11.8 Å². The Balaban J connectivity index is 1.09. The number of aliphatic hydroxyl groups is 1. The number of hydrogen-bond donors (Lipinski definition) is 3. The van der Waals surface area contributed by atoms with Gasteiger partial charge < -0.3 is 34.9 Å². The van der Waals surface area contributed by atoms with Gasteiger partial charge in [0, 0.05) is 32.8 Å². The molecular formula is C31H51N3O6. The minimum atomic E-state index is -0.553. The molecule has 2 amide bonds. The van der Waals surface area contributed by atoms with Crippen molar-refractivity contribution in [2.45, 2.75) is 126 Å². The highest BCUT2D eigenvalue weighted by molar-refractivity contribution is 5.83. The van der Waals surface area contributed by atoms with Crippen molar-refractivity contribution in [2.75, 3.05) is 27.3 Å². The second-order valence-electron chi connectivity index (χ2n) is 13.6. The van der Waals surface area contributed by atoms with Crippen LogP contribution in [0.4, 0.5) is 0 Å². The van der Waals surface area contributed by atoms with Crippen molar-refractivity contribution in [3.8, 4) is 0 Å². The third-order valence-electron chi connectivity index (χ3n) is 11.7. The smallest absolute Gasteiger partial charge is 0.248 e. The van der Waals surface area contributed by atoms with Crippen molar-refractivity contribution in [2.24, 2.45) is 29.6 Å². The lowest BCUT2D eigenvalue weighted by Crippen LogP contribution is -2.70. The molecule has 3 aliphatic heterocycles. The van der Waals surface area contributed by atoms with Crippen LogP contribution in [-0.4, -0.2) is 97.8 Å². The zero-order valence-corrected chi connectivity index (χ0v) is 24.6. The minimum absolute atomic E-state index is 0.0157. The summed E-state index contributed by atoms with van der Waals surface area (Å²) in [7, 11) is 3.45. The van der Waals surface area contributed by atoms with E-state index in [2.05, 4.69) is 15.5 Å². The summed E-state index contributed by atoms with van der Waals surface area (Å²) in [5.74, 6) is 1.43. The molecule has 6 fully saturated rings. The fourth-order valence-corrected chi connectivity index (χ4v) is 9.85. The van der Waals surface area contributed by atoms with Gasteiger partial charge in [0.15, 0.2) is 0 Å². The van der Waals surface area contributed by atoms with E-state index in [1.165, 1.54) is 19.3 Å². The van der Waals surface area contributed by atoms with Crippen LogP contribution in [0.2, 0.25) is 0 Å². The Morgan fingerprint density at radius 1 is 1.02 bits per heavy atom. The lowest BCUT2D eigenvalue weighted by molar-refractivity contribution is -0.175. The predicted molar refractivity (Wildman–Crippen MR) is 149 cm³/mol. The van der Waals surface area contributed by atoms with Crippen molar-refractivity contribution in [3.05, 3.63) is 0 Å². The van der Waals surface area contributed by atoms with E-state index in [0.29, 0.717) is 30.3 Å². The molecule has 40 heavy (non-hydrogen) atoms. The fraction of sp³-hybridized carbons (Fsp3) is 0.935. The molecule has 0 aromatic heterocycles. The van der Waals surface area contributed by atoms with Gasteiger partial charge in [-0.05, 0) is 88.5 Å². The maximum absolute atomic E-state index is 14.2. The first kappa shape index (κ1) is 28.8. The van der Waals surface area contributed by atoms with Gasteiger partial charge in [-0.3, -0.25) is 9.59 Å². The Morgan fingerprint density at radius 3 is 2.58 bits per heavy atom. The third-order valence-corrected chi connectivity index (χ3v) is 11.7. The molecule has 6 aliphatic rings. The van der Waals surface area contributed by atoms with Crippen LogP contribution in [0.25, 0.3) is 0 Å². The molecule has 3 heterocycles. The third kappa shape index (κ3) is 5.12. The van der Waals surface area contributed by atoms with Crippen molar-refractivity contribution in [1.82, 2.24) is 15.5 Å². The first-order valence-electron chi connectivity index (χ1n) is 16.1. The second-order valence-corrected chi connectivity index (χ2v) is 13.6. The molecule has 3 saturated carbocycles. The molecule has 0 spiro atoms. The van der Waals surface area contributed by atoms with Crippen molar-refractivity contribution < 1.29 is 28.9 Å². The zero-order valence-electron chi connectivity index (χ0n) is 24.6. The largest absolute Gasteiger partial charge is 0.391 e. The van der Waals surface area contributed by atoms with Gasteiger partial charge in [0.2, 0.25) is 11.8 Å². The van der Waals surface area contributed by atoms with E-state index in [1.807, 2.05) is 6.92 Å². The quantitative estimate of drug-likeness (QED) is 0.417. The van der Waals surface area contributed by atoms with Crippen molar-refractivity contribution in [3.63, 3.8) is 0 Å². The zero-order chi connectivity index (χ0) is 28.0. The lowest BCUT2D eigenvalue weighted by atomic mass is 9.64. The predicted octanol–water partition coefficient (Wildman–Crippen LogP) is 2.24. The molecule has 0 aromatic rings. The molecule has 3 N–H and O–H groups in total.